The quantitative estimate of drug-likeness (QED) is 0.427. The van der Waals surface area contributed by atoms with E-state index in [1.165, 1.54) is 12.1 Å². The number of ketones is 1. The van der Waals surface area contributed by atoms with Gasteiger partial charge in [0, 0.05) is 17.2 Å². The van der Waals surface area contributed by atoms with E-state index in [1.54, 1.807) is 56.7 Å². The fraction of sp³-hybridized carbons (Fsp3) is 0.160. The Bertz CT molecular complexity index is 1240. The molecule has 0 radical (unpaired) electrons. The van der Waals surface area contributed by atoms with E-state index in [0.29, 0.717) is 45.3 Å². The van der Waals surface area contributed by atoms with Crippen molar-refractivity contribution in [2.45, 2.75) is 13.5 Å². The van der Waals surface area contributed by atoms with Crippen LogP contribution in [-0.2, 0) is 6.61 Å². The highest BCUT2D eigenvalue weighted by Crippen LogP contribution is 2.39. The van der Waals surface area contributed by atoms with Gasteiger partial charge in [-0.15, -0.1) is 0 Å². The molecule has 3 aromatic rings. The first-order chi connectivity index (χ1) is 15.4. The lowest BCUT2D eigenvalue weighted by molar-refractivity contribution is 0.101. The van der Waals surface area contributed by atoms with Crippen LogP contribution in [0.4, 0.5) is 4.39 Å². The Morgan fingerprint density at radius 1 is 1.03 bits per heavy atom. The highest BCUT2D eigenvalue weighted by Gasteiger charge is 2.30. The van der Waals surface area contributed by atoms with Crippen molar-refractivity contribution >= 4 is 23.5 Å². The lowest BCUT2D eigenvalue weighted by Gasteiger charge is -2.10. The summed E-state index contributed by atoms with van der Waals surface area (Å²) in [5.74, 6) is 1.67. The van der Waals surface area contributed by atoms with Crippen LogP contribution in [0, 0.1) is 12.7 Å². The van der Waals surface area contributed by atoms with Crippen LogP contribution in [0.3, 0.4) is 0 Å². The molecule has 0 saturated carbocycles. The molecule has 7 heteroatoms. The van der Waals surface area contributed by atoms with E-state index in [-0.39, 0.29) is 23.2 Å². The van der Waals surface area contributed by atoms with Crippen LogP contribution in [-0.4, -0.2) is 20.0 Å². The second-order valence-electron chi connectivity index (χ2n) is 7.19. The van der Waals surface area contributed by atoms with Gasteiger partial charge in [0.25, 0.3) is 0 Å². The Hall–Kier alpha value is -3.51. The van der Waals surface area contributed by atoms with Crippen molar-refractivity contribution in [3.8, 4) is 23.0 Å². The SMILES string of the molecule is COc1ccc(OC)c(/C=C2\Oc3cc(OCc4ccc(F)cc4Cl)cc(C)c3C2=O)c1. The van der Waals surface area contributed by atoms with Crippen molar-refractivity contribution < 1.29 is 28.1 Å². The molecule has 5 nitrogen and oxygen atoms in total. The Labute approximate surface area is 189 Å². The number of Topliss-reactive ketones (excluding diaryl/α,β-unsaturated/α-hetero) is 1. The van der Waals surface area contributed by atoms with Gasteiger partial charge in [0.05, 0.1) is 24.8 Å². The van der Waals surface area contributed by atoms with E-state index in [9.17, 15) is 9.18 Å². The summed E-state index contributed by atoms with van der Waals surface area (Å²) in [6, 6.07) is 12.8. The lowest BCUT2D eigenvalue weighted by Crippen LogP contribution is -2.01. The molecule has 0 aromatic heterocycles. The number of hydrogen-bond acceptors (Lipinski definition) is 5. The zero-order valence-corrected chi connectivity index (χ0v) is 18.5. The van der Waals surface area contributed by atoms with E-state index in [0.717, 1.165) is 0 Å². The second-order valence-corrected chi connectivity index (χ2v) is 7.59. The van der Waals surface area contributed by atoms with Gasteiger partial charge in [0.1, 0.15) is 35.4 Å². The smallest absolute Gasteiger partial charge is 0.232 e. The van der Waals surface area contributed by atoms with Gasteiger partial charge < -0.3 is 18.9 Å². The van der Waals surface area contributed by atoms with Crippen molar-refractivity contribution in [2.75, 3.05) is 14.2 Å². The molecule has 1 heterocycles. The molecule has 0 atom stereocenters. The van der Waals surface area contributed by atoms with Gasteiger partial charge in [0.2, 0.25) is 5.78 Å². The summed E-state index contributed by atoms with van der Waals surface area (Å²) in [5, 5.41) is 0.284. The van der Waals surface area contributed by atoms with Crippen LogP contribution in [0.2, 0.25) is 5.02 Å². The summed E-state index contributed by atoms with van der Waals surface area (Å²) in [7, 11) is 3.12. The number of aryl methyl sites for hydroxylation is 1. The molecule has 164 valence electrons. The van der Waals surface area contributed by atoms with Gasteiger partial charge in [-0.2, -0.15) is 0 Å². The number of hydrogen-bond donors (Lipinski definition) is 0. The Kier molecular flexibility index (Phi) is 6.06. The zero-order valence-electron chi connectivity index (χ0n) is 17.7. The number of ether oxygens (including phenoxy) is 4. The Morgan fingerprint density at radius 3 is 2.56 bits per heavy atom. The van der Waals surface area contributed by atoms with E-state index in [2.05, 4.69) is 0 Å². The van der Waals surface area contributed by atoms with Crippen LogP contribution in [0.25, 0.3) is 6.08 Å². The number of halogens is 2. The molecule has 1 aliphatic rings. The summed E-state index contributed by atoms with van der Waals surface area (Å²) in [6.45, 7) is 1.96. The third-order valence-corrected chi connectivity index (χ3v) is 5.43. The summed E-state index contributed by atoms with van der Waals surface area (Å²) in [5.41, 5.74) is 2.50. The first-order valence-electron chi connectivity index (χ1n) is 9.77. The maximum absolute atomic E-state index is 13.2. The molecular formula is C25H20ClFO5. The predicted molar refractivity (Wildman–Crippen MR) is 119 cm³/mol. The topological polar surface area (TPSA) is 54.0 Å². The molecule has 3 aromatic carbocycles. The molecule has 0 N–H and O–H groups in total. The second kappa shape index (κ2) is 8.93. The minimum absolute atomic E-state index is 0.148. The minimum Gasteiger partial charge on any atom is -0.497 e. The van der Waals surface area contributed by atoms with Gasteiger partial charge in [-0.05, 0) is 55.0 Å². The molecule has 0 saturated heterocycles. The highest BCUT2D eigenvalue weighted by molar-refractivity contribution is 6.31. The van der Waals surface area contributed by atoms with Crippen LogP contribution in [0.15, 0.2) is 54.3 Å². The molecule has 0 fully saturated rings. The van der Waals surface area contributed by atoms with Gasteiger partial charge >= 0.3 is 0 Å². The standard InChI is InChI=1S/C25H20ClFO5/c1-14-8-19(31-13-15-4-5-17(27)11-20(15)26)12-22-24(14)25(28)23(32-22)10-16-9-18(29-2)6-7-21(16)30-3/h4-12H,13H2,1-3H3/b23-10-. The third-order valence-electron chi connectivity index (χ3n) is 5.08. The van der Waals surface area contributed by atoms with E-state index >= 15 is 0 Å². The number of methoxy groups -OCH3 is 2. The maximum Gasteiger partial charge on any atom is 0.232 e. The molecule has 0 spiro atoms. The average Bonchev–Trinajstić information content (AvgIpc) is 3.08. The van der Waals surface area contributed by atoms with Crippen molar-refractivity contribution in [3.05, 3.63) is 87.4 Å². The highest BCUT2D eigenvalue weighted by atomic mass is 35.5. The number of carbonyl (C=O) groups is 1. The van der Waals surface area contributed by atoms with E-state index < -0.39 is 5.82 Å². The zero-order chi connectivity index (χ0) is 22.8. The number of rotatable bonds is 6. The largest absolute Gasteiger partial charge is 0.497 e. The number of allylic oxidation sites excluding steroid dienone is 1. The minimum atomic E-state index is -0.411. The Balaban J connectivity index is 1.60. The Morgan fingerprint density at radius 2 is 1.84 bits per heavy atom. The van der Waals surface area contributed by atoms with Gasteiger partial charge in [-0.25, -0.2) is 4.39 Å². The van der Waals surface area contributed by atoms with Crippen LogP contribution >= 0.6 is 11.6 Å². The number of benzene rings is 3. The summed E-state index contributed by atoms with van der Waals surface area (Å²) in [4.78, 5) is 13.0. The maximum atomic E-state index is 13.2. The van der Waals surface area contributed by atoms with Crippen molar-refractivity contribution in [2.24, 2.45) is 0 Å². The molecule has 0 unspecified atom stereocenters. The van der Waals surface area contributed by atoms with Crippen molar-refractivity contribution in [1.82, 2.24) is 0 Å². The molecule has 0 bridgehead atoms. The first-order valence-corrected chi connectivity index (χ1v) is 10.1. The molecule has 0 amide bonds. The summed E-state index contributed by atoms with van der Waals surface area (Å²) in [6.07, 6.45) is 1.63. The predicted octanol–water partition coefficient (Wildman–Crippen LogP) is 6.00. The van der Waals surface area contributed by atoms with Gasteiger partial charge in [-0.1, -0.05) is 17.7 Å². The lowest BCUT2D eigenvalue weighted by atomic mass is 10.0. The summed E-state index contributed by atoms with van der Waals surface area (Å²) >= 11 is 6.07. The monoisotopic (exact) mass is 454 g/mol. The average molecular weight is 455 g/mol. The number of carbonyl (C=O) groups excluding carboxylic acids is 1. The van der Waals surface area contributed by atoms with Gasteiger partial charge in [-0.3, -0.25) is 4.79 Å². The first kappa shape index (κ1) is 21.7. The summed E-state index contributed by atoms with van der Waals surface area (Å²) < 4.78 is 35.6. The third kappa shape index (κ3) is 4.27. The number of fused-ring (bicyclic) bond motifs is 1. The van der Waals surface area contributed by atoms with E-state index in [1.807, 2.05) is 6.92 Å². The molecule has 32 heavy (non-hydrogen) atoms. The molecule has 0 aliphatic carbocycles. The normalized spacial score (nSPS) is 13.7. The van der Waals surface area contributed by atoms with Crippen LogP contribution in [0.1, 0.15) is 27.0 Å². The van der Waals surface area contributed by atoms with Crippen molar-refractivity contribution in [3.63, 3.8) is 0 Å². The van der Waals surface area contributed by atoms with Crippen LogP contribution in [0.5, 0.6) is 23.0 Å². The van der Waals surface area contributed by atoms with E-state index in [4.69, 9.17) is 30.5 Å². The fourth-order valence-electron chi connectivity index (χ4n) is 3.45. The fourth-order valence-corrected chi connectivity index (χ4v) is 3.68. The van der Waals surface area contributed by atoms with Crippen molar-refractivity contribution in [1.29, 1.82) is 0 Å². The molecule has 4 rings (SSSR count). The molecular weight excluding hydrogens is 435 g/mol. The molecule has 1 aliphatic heterocycles. The van der Waals surface area contributed by atoms with Gasteiger partial charge in [0.15, 0.2) is 5.76 Å². The van der Waals surface area contributed by atoms with Crippen LogP contribution < -0.4 is 18.9 Å².